The van der Waals surface area contributed by atoms with Crippen molar-refractivity contribution in [1.29, 1.82) is 0 Å². The largest absolute Gasteiger partial charge is 0.497 e. The smallest absolute Gasteiger partial charge is 0.288 e. The number of carbonyl (C=O) groups excluding carboxylic acids is 1. The number of hydrogen-bond donors (Lipinski definition) is 1. The van der Waals surface area contributed by atoms with E-state index in [0.717, 1.165) is 4.31 Å². The summed E-state index contributed by atoms with van der Waals surface area (Å²) in [5.74, 6) is 0.603. The molecular weight excluding hydrogens is 412 g/mol. The standard InChI is InChI=1S/C20H30N2O7S/c1-15-13-18(20(24)21(2)3)29-19(14-15)28-12-10-22(9-11-23)30(25,26)17-7-5-16(27-4)6-8-17/h5-8,13,15,19,23H,9-12,14H2,1-4H3/t15-,19+/m1/s1. The minimum Gasteiger partial charge on any atom is -0.497 e. The maximum Gasteiger partial charge on any atom is 0.288 e. The van der Waals surface area contributed by atoms with Crippen LogP contribution in [0, 0.1) is 5.92 Å². The molecule has 1 aliphatic heterocycles. The van der Waals surface area contributed by atoms with Crippen LogP contribution in [0.2, 0.25) is 0 Å². The average Bonchev–Trinajstić information content (AvgIpc) is 2.72. The maximum absolute atomic E-state index is 12.9. The zero-order valence-corrected chi connectivity index (χ0v) is 18.6. The summed E-state index contributed by atoms with van der Waals surface area (Å²) in [7, 11) is 0.962. The third-order valence-electron chi connectivity index (χ3n) is 4.57. The van der Waals surface area contributed by atoms with Gasteiger partial charge in [-0.3, -0.25) is 4.79 Å². The topological polar surface area (TPSA) is 106 Å². The normalized spacial score (nSPS) is 19.2. The molecule has 1 aromatic rings. The Morgan fingerprint density at radius 2 is 1.90 bits per heavy atom. The van der Waals surface area contributed by atoms with Crippen LogP contribution in [0.3, 0.4) is 0 Å². The minimum absolute atomic E-state index is 0.0316. The number of amides is 1. The highest BCUT2D eigenvalue weighted by Crippen LogP contribution is 2.24. The van der Waals surface area contributed by atoms with Crippen molar-refractivity contribution in [3.63, 3.8) is 0 Å². The van der Waals surface area contributed by atoms with Gasteiger partial charge in [0.15, 0.2) is 5.76 Å². The molecule has 1 N–H and O–H groups in total. The van der Waals surface area contributed by atoms with Crippen LogP contribution in [0.25, 0.3) is 0 Å². The zero-order chi connectivity index (χ0) is 22.3. The van der Waals surface area contributed by atoms with E-state index in [1.54, 1.807) is 32.3 Å². The van der Waals surface area contributed by atoms with E-state index in [4.69, 9.17) is 14.2 Å². The molecule has 10 heteroatoms. The molecule has 0 aromatic heterocycles. The Kier molecular flexibility index (Phi) is 8.65. The second-order valence-corrected chi connectivity index (χ2v) is 9.10. The van der Waals surface area contributed by atoms with Crippen molar-refractivity contribution in [3.8, 4) is 5.75 Å². The predicted molar refractivity (Wildman–Crippen MR) is 110 cm³/mol. The zero-order valence-electron chi connectivity index (χ0n) is 17.8. The maximum atomic E-state index is 12.9. The van der Waals surface area contributed by atoms with Gasteiger partial charge in [-0.1, -0.05) is 6.92 Å². The molecule has 0 aliphatic carbocycles. The second kappa shape index (κ2) is 10.8. The number of allylic oxidation sites excluding steroid dienone is 1. The van der Waals surface area contributed by atoms with Crippen LogP contribution >= 0.6 is 0 Å². The molecule has 1 aliphatic rings. The van der Waals surface area contributed by atoms with Crippen molar-refractivity contribution in [3.05, 3.63) is 36.1 Å². The van der Waals surface area contributed by atoms with Gasteiger partial charge in [0.1, 0.15) is 5.75 Å². The van der Waals surface area contributed by atoms with Gasteiger partial charge >= 0.3 is 0 Å². The Hall–Kier alpha value is -2.14. The molecule has 168 valence electrons. The predicted octanol–water partition coefficient (Wildman–Crippen LogP) is 1.05. The Morgan fingerprint density at radius 1 is 1.23 bits per heavy atom. The highest BCUT2D eigenvalue weighted by Gasteiger charge is 2.28. The molecule has 0 unspecified atom stereocenters. The van der Waals surface area contributed by atoms with Gasteiger partial charge in [-0.05, 0) is 36.3 Å². The van der Waals surface area contributed by atoms with Crippen LogP contribution in [-0.4, -0.2) is 82.4 Å². The van der Waals surface area contributed by atoms with Gasteiger partial charge in [0.25, 0.3) is 5.91 Å². The van der Waals surface area contributed by atoms with Crippen LogP contribution in [0.15, 0.2) is 41.0 Å². The molecule has 9 nitrogen and oxygen atoms in total. The molecule has 0 spiro atoms. The summed E-state index contributed by atoms with van der Waals surface area (Å²) in [4.78, 5) is 13.7. The summed E-state index contributed by atoms with van der Waals surface area (Å²) in [6.45, 7) is 1.65. The molecule has 2 rings (SSSR count). The highest BCUT2D eigenvalue weighted by atomic mass is 32.2. The average molecular weight is 443 g/mol. The van der Waals surface area contributed by atoms with E-state index in [1.807, 2.05) is 6.92 Å². The number of ether oxygens (including phenoxy) is 3. The number of benzene rings is 1. The van der Waals surface area contributed by atoms with Crippen LogP contribution in [0.1, 0.15) is 13.3 Å². The van der Waals surface area contributed by atoms with Crippen LogP contribution in [0.4, 0.5) is 0 Å². The van der Waals surface area contributed by atoms with Gasteiger partial charge in [0, 0.05) is 33.6 Å². The monoisotopic (exact) mass is 442 g/mol. The third kappa shape index (κ3) is 6.18. The number of aliphatic hydroxyl groups excluding tert-OH is 1. The number of aliphatic hydroxyl groups is 1. The van der Waals surface area contributed by atoms with E-state index in [-0.39, 0.29) is 48.8 Å². The number of methoxy groups -OCH3 is 1. The molecule has 2 atom stereocenters. The first-order valence-electron chi connectivity index (χ1n) is 9.65. The van der Waals surface area contributed by atoms with Crippen LogP contribution in [-0.2, 0) is 24.3 Å². The van der Waals surface area contributed by atoms with Crippen molar-refractivity contribution in [2.24, 2.45) is 5.92 Å². The Labute approximate surface area is 177 Å². The highest BCUT2D eigenvalue weighted by molar-refractivity contribution is 7.89. The first-order valence-corrected chi connectivity index (χ1v) is 11.1. The van der Waals surface area contributed by atoms with Crippen molar-refractivity contribution < 1.29 is 32.5 Å². The quantitative estimate of drug-likeness (QED) is 0.577. The van der Waals surface area contributed by atoms with E-state index in [2.05, 4.69) is 0 Å². The molecule has 30 heavy (non-hydrogen) atoms. The summed E-state index contributed by atoms with van der Waals surface area (Å²) >= 11 is 0. The van der Waals surface area contributed by atoms with Crippen molar-refractivity contribution in [2.75, 3.05) is 47.5 Å². The second-order valence-electron chi connectivity index (χ2n) is 7.16. The Bertz CT molecular complexity index is 837. The summed E-state index contributed by atoms with van der Waals surface area (Å²) in [6, 6.07) is 6.03. The van der Waals surface area contributed by atoms with Gasteiger partial charge in [-0.2, -0.15) is 4.31 Å². The van der Waals surface area contributed by atoms with Gasteiger partial charge in [0.2, 0.25) is 16.3 Å². The summed E-state index contributed by atoms with van der Waals surface area (Å²) in [6.07, 6.45) is 1.66. The molecule has 0 saturated carbocycles. The lowest BCUT2D eigenvalue weighted by Crippen LogP contribution is -2.38. The number of nitrogens with zero attached hydrogens (tertiary/aromatic N) is 2. The van der Waals surface area contributed by atoms with Crippen LogP contribution < -0.4 is 4.74 Å². The lowest BCUT2D eigenvalue weighted by Gasteiger charge is -2.29. The fourth-order valence-electron chi connectivity index (χ4n) is 2.95. The van der Waals surface area contributed by atoms with Gasteiger partial charge < -0.3 is 24.2 Å². The fraction of sp³-hybridized carbons (Fsp3) is 0.550. The van der Waals surface area contributed by atoms with E-state index in [9.17, 15) is 18.3 Å². The van der Waals surface area contributed by atoms with E-state index in [0.29, 0.717) is 12.2 Å². The minimum atomic E-state index is -3.81. The number of hydrogen-bond acceptors (Lipinski definition) is 7. The van der Waals surface area contributed by atoms with E-state index >= 15 is 0 Å². The SMILES string of the molecule is COc1ccc(S(=O)(=O)N(CCO)CCO[C@@H]2C[C@H](C)C=C(C(=O)N(C)C)O2)cc1. The van der Waals surface area contributed by atoms with Crippen molar-refractivity contribution in [2.45, 2.75) is 24.5 Å². The Morgan fingerprint density at radius 3 is 2.47 bits per heavy atom. The van der Waals surface area contributed by atoms with E-state index < -0.39 is 16.3 Å². The van der Waals surface area contributed by atoms with Crippen molar-refractivity contribution >= 4 is 15.9 Å². The van der Waals surface area contributed by atoms with Gasteiger partial charge in [0.05, 0.1) is 25.2 Å². The number of likely N-dealkylation sites (N-methyl/N-ethyl adjacent to an activating group) is 1. The molecule has 0 bridgehead atoms. The summed E-state index contributed by atoms with van der Waals surface area (Å²) < 4.78 is 43.4. The molecular formula is C20H30N2O7S. The first-order chi connectivity index (χ1) is 14.2. The van der Waals surface area contributed by atoms with Gasteiger partial charge in [-0.15, -0.1) is 0 Å². The first kappa shape index (κ1) is 24.1. The lowest BCUT2D eigenvalue weighted by atomic mass is 10.0. The number of carbonyl (C=O) groups is 1. The van der Waals surface area contributed by atoms with Gasteiger partial charge in [-0.25, -0.2) is 8.42 Å². The summed E-state index contributed by atoms with van der Waals surface area (Å²) in [5.41, 5.74) is 0. The Balaban J connectivity index is 2.00. The fourth-order valence-corrected chi connectivity index (χ4v) is 4.36. The lowest BCUT2D eigenvalue weighted by molar-refractivity contribution is -0.153. The number of rotatable bonds is 10. The van der Waals surface area contributed by atoms with Crippen LogP contribution in [0.5, 0.6) is 5.75 Å². The summed E-state index contributed by atoms with van der Waals surface area (Å²) in [5, 5.41) is 9.32. The third-order valence-corrected chi connectivity index (χ3v) is 6.48. The molecule has 1 aromatic carbocycles. The number of sulfonamides is 1. The molecule has 1 heterocycles. The molecule has 0 saturated heterocycles. The molecule has 0 radical (unpaired) electrons. The molecule has 1 amide bonds. The van der Waals surface area contributed by atoms with E-state index in [1.165, 1.54) is 24.1 Å². The molecule has 0 fully saturated rings. The van der Waals surface area contributed by atoms with Crippen molar-refractivity contribution in [1.82, 2.24) is 9.21 Å².